The highest BCUT2D eigenvalue weighted by atomic mass is 32.2. The first-order valence-corrected chi connectivity index (χ1v) is 11.3. The number of anilines is 1. The largest absolute Gasteiger partial charge is 0.316 e. The summed E-state index contributed by atoms with van der Waals surface area (Å²) in [5, 5.41) is 0.577. The lowest BCUT2D eigenvalue weighted by Crippen LogP contribution is -2.38. The summed E-state index contributed by atoms with van der Waals surface area (Å²) in [6.45, 7) is 7.92. The molecule has 1 amide bonds. The summed E-state index contributed by atoms with van der Waals surface area (Å²) in [7, 11) is -3.04. The topological polar surface area (TPSA) is 66.8 Å². The summed E-state index contributed by atoms with van der Waals surface area (Å²) in [6.07, 6.45) is 0.741. The zero-order valence-corrected chi connectivity index (χ0v) is 16.7. The maximum absolute atomic E-state index is 12.3. The number of fused-ring (bicyclic) bond motifs is 1. The average molecular weight is 381 g/mol. The highest BCUT2D eigenvalue weighted by Crippen LogP contribution is 2.41. The average Bonchev–Trinajstić information content (AvgIpc) is 3.00. The summed E-state index contributed by atoms with van der Waals surface area (Å²) in [6, 6.07) is 5.91. The number of benzene rings is 1. The molecule has 0 aromatic heterocycles. The molecule has 0 spiro atoms. The van der Waals surface area contributed by atoms with Gasteiger partial charge in [-0.05, 0) is 43.5 Å². The molecule has 0 N–H and O–H groups in total. The first-order valence-electron chi connectivity index (χ1n) is 8.58. The number of amides is 1. The molecule has 2 saturated heterocycles. The van der Waals surface area contributed by atoms with Crippen molar-refractivity contribution < 1.29 is 13.2 Å². The molecule has 5 nitrogen and oxygen atoms in total. The number of carbonyl (C=O) groups is 1. The molecule has 25 heavy (non-hydrogen) atoms. The molecule has 0 unspecified atom stereocenters. The minimum Gasteiger partial charge on any atom is -0.316 e. The Morgan fingerprint density at radius 2 is 2.04 bits per heavy atom. The maximum Gasteiger partial charge on any atom is 0.250 e. The highest BCUT2D eigenvalue weighted by molar-refractivity contribution is 8.16. The number of carbonyl (C=O) groups excluding carboxylic acids is 1. The van der Waals surface area contributed by atoms with Crippen LogP contribution in [0.1, 0.15) is 31.4 Å². The molecule has 7 heteroatoms. The maximum atomic E-state index is 12.3. The smallest absolute Gasteiger partial charge is 0.250 e. The van der Waals surface area contributed by atoms with E-state index < -0.39 is 9.84 Å². The van der Waals surface area contributed by atoms with Crippen molar-refractivity contribution in [3.05, 3.63) is 29.3 Å². The number of hydrogen-bond acceptors (Lipinski definition) is 4. The summed E-state index contributed by atoms with van der Waals surface area (Å²) >= 11 is 1.43. The van der Waals surface area contributed by atoms with E-state index in [0.717, 1.165) is 17.7 Å². The Hall–Kier alpha value is -1.34. The third-order valence-electron chi connectivity index (χ3n) is 5.08. The van der Waals surface area contributed by atoms with E-state index in [-0.39, 0.29) is 34.6 Å². The van der Waals surface area contributed by atoms with Crippen molar-refractivity contribution in [1.82, 2.24) is 0 Å². The van der Waals surface area contributed by atoms with E-state index in [4.69, 9.17) is 0 Å². The van der Waals surface area contributed by atoms with Gasteiger partial charge in [-0.2, -0.15) is 4.99 Å². The van der Waals surface area contributed by atoms with Crippen LogP contribution in [0.3, 0.4) is 0 Å². The fourth-order valence-electron chi connectivity index (χ4n) is 3.12. The van der Waals surface area contributed by atoms with Crippen LogP contribution in [0.5, 0.6) is 0 Å². The van der Waals surface area contributed by atoms with Crippen LogP contribution >= 0.6 is 11.8 Å². The third kappa shape index (κ3) is 3.62. The van der Waals surface area contributed by atoms with Crippen molar-refractivity contribution in [2.75, 3.05) is 16.4 Å². The molecule has 2 heterocycles. The molecule has 136 valence electrons. The van der Waals surface area contributed by atoms with Gasteiger partial charge < -0.3 is 4.90 Å². The quantitative estimate of drug-likeness (QED) is 0.806. The summed E-state index contributed by atoms with van der Waals surface area (Å²) in [4.78, 5) is 18.7. The third-order valence-corrected chi connectivity index (χ3v) is 8.28. The van der Waals surface area contributed by atoms with E-state index >= 15 is 0 Å². The van der Waals surface area contributed by atoms with Crippen LogP contribution < -0.4 is 4.90 Å². The van der Waals surface area contributed by atoms with Crippen molar-refractivity contribution in [2.45, 2.75) is 45.4 Å². The van der Waals surface area contributed by atoms with Crippen LogP contribution in [0.2, 0.25) is 0 Å². The van der Waals surface area contributed by atoms with Crippen molar-refractivity contribution in [2.24, 2.45) is 10.9 Å². The summed E-state index contributed by atoms with van der Waals surface area (Å²) in [5.41, 5.74) is 3.23. The minimum atomic E-state index is -3.04. The Morgan fingerprint density at radius 3 is 2.68 bits per heavy atom. The molecular formula is C18H24N2O3S2. The number of sulfone groups is 1. The normalized spacial score (nSPS) is 27.5. The van der Waals surface area contributed by atoms with Crippen LogP contribution in [0.15, 0.2) is 23.2 Å². The molecule has 2 aliphatic heterocycles. The SMILES string of the molecule is CC[C@H](C)C(=O)N=C1S[C@H]2CS(=O)(=O)C[C@@H]2N1c1ccc(C)c(C)c1. The summed E-state index contributed by atoms with van der Waals surface area (Å²) in [5.74, 6) is 0.00879. The fraction of sp³-hybridized carbons (Fsp3) is 0.556. The predicted octanol–water partition coefficient (Wildman–Crippen LogP) is 2.95. The zero-order chi connectivity index (χ0) is 18.4. The Kier molecular flexibility index (Phi) is 4.99. The molecule has 3 atom stereocenters. The van der Waals surface area contributed by atoms with Gasteiger partial charge in [0.05, 0.1) is 17.5 Å². The molecule has 0 radical (unpaired) electrons. The number of rotatable bonds is 3. The second-order valence-corrected chi connectivity index (χ2v) is 10.3. The van der Waals surface area contributed by atoms with Gasteiger partial charge in [-0.3, -0.25) is 4.79 Å². The number of aryl methyl sites for hydroxylation is 2. The molecule has 3 rings (SSSR count). The van der Waals surface area contributed by atoms with Gasteiger partial charge in [-0.15, -0.1) is 0 Å². The first kappa shape index (κ1) is 18.5. The summed E-state index contributed by atoms with van der Waals surface area (Å²) < 4.78 is 24.2. The predicted molar refractivity (Wildman–Crippen MR) is 104 cm³/mol. The van der Waals surface area contributed by atoms with Crippen molar-refractivity contribution in [1.29, 1.82) is 0 Å². The lowest BCUT2D eigenvalue weighted by Gasteiger charge is -2.25. The van der Waals surface area contributed by atoms with Crippen molar-refractivity contribution in [3.63, 3.8) is 0 Å². The first-order chi connectivity index (χ1) is 11.7. The number of amidine groups is 1. The standard InChI is InChI=1S/C18H24N2O3S2/c1-5-11(2)17(21)19-18-20(14-7-6-12(3)13(4)8-14)15-9-25(22,23)10-16(15)24-18/h6-8,11,15-16H,5,9-10H2,1-4H3/t11-,15-,16-/m0/s1. The van der Waals surface area contributed by atoms with Crippen LogP contribution in [-0.4, -0.2) is 42.3 Å². The number of nitrogens with zero attached hydrogens (tertiary/aromatic N) is 2. The Balaban J connectivity index is 2.02. The van der Waals surface area contributed by atoms with E-state index in [1.165, 1.54) is 17.3 Å². The molecule has 2 fully saturated rings. The zero-order valence-electron chi connectivity index (χ0n) is 15.0. The lowest BCUT2D eigenvalue weighted by molar-refractivity contribution is -0.121. The molecule has 1 aromatic rings. The Bertz CT molecular complexity index is 833. The van der Waals surface area contributed by atoms with Crippen molar-refractivity contribution >= 4 is 38.4 Å². The number of thioether (sulfide) groups is 1. The second kappa shape index (κ2) is 6.76. The number of hydrogen-bond donors (Lipinski definition) is 0. The van der Waals surface area contributed by atoms with E-state index in [1.54, 1.807) is 0 Å². The van der Waals surface area contributed by atoms with E-state index in [2.05, 4.69) is 4.99 Å². The molecule has 0 aliphatic carbocycles. The molecular weight excluding hydrogens is 356 g/mol. The van der Waals surface area contributed by atoms with Gasteiger partial charge in [0.1, 0.15) is 0 Å². The van der Waals surface area contributed by atoms with E-state index in [1.807, 2.05) is 50.8 Å². The molecule has 0 saturated carbocycles. The lowest BCUT2D eigenvalue weighted by atomic mass is 10.1. The molecule has 1 aromatic carbocycles. The fourth-order valence-corrected chi connectivity index (χ4v) is 7.04. The van der Waals surface area contributed by atoms with Gasteiger partial charge in [-0.1, -0.05) is 31.7 Å². The minimum absolute atomic E-state index is 0.0601. The second-order valence-electron chi connectivity index (χ2n) is 6.98. The Labute approximate surface area is 153 Å². The van der Waals surface area contributed by atoms with E-state index in [0.29, 0.717) is 5.17 Å². The Morgan fingerprint density at radius 1 is 1.32 bits per heavy atom. The van der Waals surface area contributed by atoms with Crippen LogP contribution in [0.25, 0.3) is 0 Å². The van der Waals surface area contributed by atoms with Gasteiger partial charge in [0.25, 0.3) is 5.91 Å². The monoisotopic (exact) mass is 380 g/mol. The van der Waals surface area contributed by atoms with Gasteiger partial charge >= 0.3 is 0 Å². The number of aliphatic imine (C=N–C) groups is 1. The van der Waals surface area contributed by atoms with Gasteiger partial charge in [0.15, 0.2) is 15.0 Å². The van der Waals surface area contributed by atoms with Crippen molar-refractivity contribution in [3.8, 4) is 0 Å². The van der Waals surface area contributed by atoms with Crippen LogP contribution in [0.4, 0.5) is 5.69 Å². The van der Waals surface area contributed by atoms with Crippen LogP contribution in [0, 0.1) is 19.8 Å². The van der Waals surface area contributed by atoms with Gasteiger partial charge in [0, 0.05) is 16.9 Å². The van der Waals surface area contributed by atoms with Gasteiger partial charge in [0.2, 0.25) is 0 Å². The van der Waals surface area contributed by atoms with E-state index in [9.17, 15) is 13.2 Å². The highest BCUT2D eigenvalue weighted by Gasteiger charge is 2.49. The molecule has 2 aliphatic rings. The van der Waals surface area contributed by atoms with Crippen LogP contribution in [-0.2, 0) is 14.6 Å². The van der Waals surface area contributed by atoms with Gasteiger partial charge in [-0.25, -0.2) is 8.42 Å². The molecule has 0 bridgehead atoms.